The zero-order valence-corrected chi connectivity index (χ0v) is 8.81. The summed E-state index contributed by atoms with van der Waals surface area (Å²) in [6, 6.07) is 1.79. The largest absolute Gasteiger partial charge is 0.465 e. The number of hydrogen-bond acceptors (Lipinski definition) is 3. The Hall–Kier alpha value is -0.610. The third-order valence-electron chi connectivity index (χ3n) is 1.27. The van der Waals surface area contributed by atoms with E-state index >= 15 is 0 Å². The number of carbonyl (C=O) groups is 1. The molecular formula is C8H7BrO2S. The van der Waals surface area contributed by atoms with E-state index in [0.717, 1.165) is 4.88 Å². The molecule has 0 spiro atoms. The molecule has 64 valence electrons. The van der Waals surface area contributed by atoms with Crippen molar-refractivity contribution in [3.8, 4) is 0 Å². The highest BCUT2D eigenvalue weighted by Crippen LogP contribution is 2.17. The lowest BCUT2D eigenvalue weighted by Crippen LogP contribution is -1.97. The Morgan fingerprint density at radius 2 is 2.50 bits per heavy atom. The molecule has 0 aliphatic rings. The molecule has 0 aliphatic heterocycles. The van der Waals surface area contributed by atoms with Gasteiger partial charge in [-0.3, -0.25) is 0 Å². The average molecular weight is 247 g/mol. The highest BCUT2D eigenvalue weighted by atomic mass is 79.9. The van der Waals surface area contributed by atoms with E-state index in [2.05, 4.69) is 20.7 Å². The Bertz CT molecular complexity index is 304. The average Bonchev–Trinajstić information content (AvgIpc) is 2.52. The number of hydrogen-bond donors (Lipinski definition) is 0. The van der Waals surface area contributed by atoms with Crippen molar-refractivity contribution in [1.29, 1.82) is 0 Å². The van der Waals surface area contributed by atoms with Gasteiger partial charge in [-0.25, -0.2) is 4.79 Å². The number of carbonyl (C=O) groups excluding carboxylic acids is 1. The van der Waals surface area contributed by atoms with E-state index in [-0.39, 0.29) is 5.97 Å². The summed E-state index contributed by atoms with van der Waals surface area (Å²) in [6.45, 7) is 0. The third kappa shape index (κ3) is 2.19. The van der Waals surface area contributed by atoms with Crippen LogP contribution in [0.15, 0.2) is 16.4 Å². The molecule has 0 amide bonds. The van der Waals surface area contributed by atoms with Crippen molar-refractivity contribution in [3.63, 3.8) is 0 Å². The molecule has 0 saturated heterocycles. The number of rotatable bonds is 2. The first kappa shape index (κ1) is 9.48. The van der Waals surface area contributed by atoms with Gasteiger partial charge in [0, 0.05) is 10.3 Å². The maximum Gasteiger partial charge on any atom is 0.338 e. The third-order valence-corrected chi connectivity index (χ3v) is 2.43. The van der Waals surface area contributed by atoms with E-state index in [1.165, 1.54) is 18.4 Å². The van der Waals surface area contributed by atoms with Crippen LogP contribution in [0.1, 0.15) is 15.2 Å². The molecule has 2 nitrogen and oxygen atoms in total. The van der Waals surface area contributed by atoms with Crippen molar-refractivity contribution in [1.82, 2.24) is 0 Å². The fourth-order valence-corrected chi connectivity index (χ4v) is 1.96. The lowest BCUT2D eigenvalue weighted by molar-refractivity contribution is 0.0601. The summed E-state index contributed by atoms with van der Waals surface area (Å²) < 4.78 is 4.56. The molecule has 1 aromatic rings. The van der Waals surface area contributed by atoms with Gasteiger partial charge in [0.1, 0.15) is 0 Å². The molecule has 0 radical (unpaired) electrons. The van der Waals surface area contributed by atoms with Gasteiger partial charge in [0.05, 0.1) is 12.7 Å². The van der Waals surface area contributed by atoms with Crippen molar-refractivity contribution < 1.29 is 9.53 Å². The molecule has 1 heterocycles. The monoisotopic (exact) mass is 246 g/mol. The quantitative estimate of drug-likeness (QED) is 0.751. The zero-order valence-electron chi connectivity index (χ0n) is 6.41. The highest BCUT2D eigenvalue weighted by Gasteiger charge is 2.06. The summed E-state index contributed by atoms with van der Waals surface area (Å²) in [5.41, 5.74) is 0.600. The topological polar surface area (TPSA) is 26.3 Å². The standard InChI is InChI=1S/C8H7BrO2S/c1-11-8(10)6-4-7(2-3-9)12-5-6/h2-5H,1H3/b3-2+. The number of methoxy groups -OCH3 is 1. The molecule has 0 saturated carbocycles. The fourth-order valence-electron chi connectivity index (χ4n) is 0.727. The second-order valence-corrected chi connectivity index (χ2v) is 3.49. The van der Waals surface area contributed by atoms with E-state index < -0.39 is 0 Å². The number of esters is 1. The normalized spacial score (nSPS) is 10.5. The van der Waals surface area contributed by atoms with Gasteiger partial charge < -0.3 is 4.74 Å². The maximum absolute atomic E-state index is 11.0. The minimum Gasteiger partial charge on any atom is -0.465 e. The number of thiophene rings is 1. The van der Waals surface area contributed by atoms with Crippen LogP contribution in [0.5, 0.6) is 0 Å². The van der Waals surface area contributed by atoms with E-state index in [0.29, 0.717) is 5.56 Å². The zero-order chi connectivity index (χ0) is 8.97. The van der Waals surface area contributed by atoms with Gasteiger partial charge in [0.15, 0.2) is 0 Å². The first-order chi connectivity index (χ1) is 5.77. The molecule has 4 heteroatoms. The fraction of sp³-hybridized carbons (Fsp3) is 0.125. The van der Waals surface area contributed by atoms with Gasteiger partial charge in [-0.1, -0.05) is 15.9 Å². The van der Waals surface area contributed by atoms with Crippen molar-refractivity contribution in [2.24, 2.45) is 0 Å². The van der Waals surface area contributed by atoms with Crippen molar-refractivity contribution in [3.05, 3.63) is 26.9 Å². The van der Waals surface area contributed by atoms with Gasteiger partial charge in [0.25, 0.3) is 0 Å². The Balaban J connectivity index is 2.84. The summed E-state index contributed by atoms with van der Waals surface area (Å²) in [5.74, 6) is -0.291. The predicted octanol–water partition coefficient (Wildman–Crippen LogP) is 2.90. The molecule has 0 bridgehead atoms. The van der Waals surface area contributed by atoms with Crippen LogP contribution in [0.3, 0.4) is 0 Å². The molecule has 0 aliphatic carbocycles. The van der Waals surface area contributed by atoms with Crippen LogP contribution in [0.4, 0.5) is 0 Å². The summed E-state index contributed by atoms with van der Waals surface area (Å²) >= 11 is 4.66. The van der Waals surface area contributed by atoms with Crippen LogP contribution in [-0.2, 0) is 4.74 Å². The molecule has 0 atom stereocenters. The van der Waals surface area contributed by atoms with Crippen molar-refractivity contribution >= 4 is 39.3 Å². The summed E-state index contributed by atoms with van der Waals surface area (Å²) in [6.07, 6.45) is 1.87. The molecule has 1 aromatic heterocycles. The first-order valence-electron chi connectivity index (χ1n) is 3.21. The minimum atomic E-state index is -0.291. The number of halogens is 1. The minimum absolute atomic E-state index is 0.291. The lowest BCUT2D eigenvalue weighted by atomic mass is 10.3. The van der Waals surface area contributed by atoms with Gasteiger partial charge in [-0.2, -0.15) is 0 Å². The van der Waals surface area contributed by atoms with Crippen LogP contribution in [0.25, 0.3) is 6.08 Å². The van der Waals surface area contributed by atoms with Gasteiger partial charge in [-0.05, 0) is 17.1 Å². The molecule has 0 aromatic carbocycles. The predicted molar refractivity (Wildman–Crippen MR) is 53.6 cm³/mol. The molecule has 0 fully saturated rings. The van der Waals surface area contributed by atoms with Gasteiger partial charge in [-0.15, -0.1) is 11.3 Å². The van der Waals surface area contributed by atoms with E-state index in [9.17, 15) is 4.79 Å². The van der Waals surface area contributed by atoms with Crippen LogP contribution in [0.2, 0.25) is 0 Å². The van der Waals surface area contributed by atoms with E-state index in [1.807, 2.05) is 6.08 Å². The molecule has 0 unspecified atom stereocenters. The summed E-state index contributed by atoms with van der Waals surface area (Å²) in [5, 5.41) is 1.77. The van der Waals surface area contributed by atoms with E-state index in [4.69, 9.17) is 0 Å². The highest BCUT2D eigenvalue weighted by molar-refractivity contribution is 9.11. The Kier molecular flexibility index (Phi) is 3.49. The van der Waals surface area contributed by atoms with Crippen molar-refractivity contribution in [2.75, 3.05) is 7.11 Å². The first-order valence-corrected chi connectivity index (χ1v) is 5.01. The van der Waals surface area contributed by atoms with Crippen LogP contribution in [-0.4, -0.2) is 13.1 Å². The van der Waals surface area contributed by atoms with Gasteiger partial charge >= 0.3 is 5.97 Å². The summed E-state index contributed by atoms with van der Waals surface area (Å²) in [4.78, 5) is 13.8. The van der Waals surface area contributed by atoms with Crippen LogP contribution < -0.4 is 0 Å². The molecule has 12 heavy (non-hydrogen) atoms. The molecular weight excluding hydrogens is 240 g/mol. The Labute approximate surface area is 83.0 Å². The molecule has 0 N–H and O–H groups in total. The van der Waals surface area contributed by atoms with Crippen LogP contribution in [0, 0.1) is 0 Å². The maximum atomic E-state index is 11.0. The Morgan fingerprint density at radius 3 is 3.08 bits per heavy atom. The second kappa shape index (κ2) is 4.42. The van der Waals surface area contributed by atoms with Gasteiger partial charge in [0.2, 0.25) is 0 Å². The summed E-state index contributed by atoms with van der Waals surface area (Å²) in [7, 11) is 1.38. The second-order valence-electron chi connectivity index (χ2n) is 2.02. The molecule has 1 rings (SSSR count). The van der Waals surface area contributed by atoms with Crippen molar-refractivity contribution in [2.45, 2.75) is 0 Å². The van der Waals surface area contributed by atoms with Crippen LogP contribution >= 0.6 is 27.3 Å². The smallest absolute Gasteiger partial charge is 0.338 e. The SMILES string of the molecule is COC(=O)c1csc(/C=C/Br)c1. The Morgan fingerprint density at radius 1 is 1.75 bits per heavy atom. The van der Waals surface area contributed by atoms with E-state index in [1.54, 1.807) is 16.4 Å². The number of ether oxygens (including phenoxy) is 1. The lowest BCUT2D eigenvalue weighted by Gasteiger charge is -1.91.